The Morgan fingerprint density at radius 3 is 2.23 bits per heavy atom. The smallest absolute Gasteiger partial charge is 0.310 e. The van der Waals surface area contributed by atoms with E-state index in [0.29, 0.717) is 18.1 Å². The zero-order valence-corrected chi connectivity index (χ0v) is 23.9. The maximum Gasteiger partial charge on any atom is 0.310 e. The minimum absolute atomic E-state index is 0.0971. The van der Waals surface area contributed by atoms with E-state index in [2.05, 4.69) is 70.5 Å². The van der Waals surface area contributed by atoms with Crippen molar-refractivity contribution in [3.8, 4) is 11.1 Å². The zero-order chi connectivity index (χ0) is 28.5. The topological polar surface area (TPSA) is 101 Å². The molecule has 8 nitrogen and oxygen atoms in total. The molecule has 0 aliphatic carbocycles. The second-order valence-electron chi connectivity index (χ2n) is 11.0. The van der Waals surface area contributed by atoms with Gasteiger partial charge in [-0.2, -0.15) is 0 Å². The van der Waals surface area contributed by atoms with Gasteiger partial charge in [0.05, 0.1) is 36.9 Å². The van der Waals surface area contributed by atoms with Gasteiger partial charge in [0.15, 0.2) is 0 Å². The van der Waals surface area contributed by atoms with Crippen LogP contribution in [0.1, 0.15) is 48.7 Å². The number of rotatable bonds is 5. The lowest BCUT2D eigenvalue weighted by atomic mass is 9.88. The van der Waals surface area contributed by atoms with Gasteiger partial charge in [-0.05, 0) is 69.9 Å². The van der Waals surface area contributed by atoms with Crippen LogP contribution in [0.4, 0.5) is 11.6 Å². The van der Waals surface area contributed by atoms with E-state index in [1.807, 2.05) is 0 Å². The highest BCUT2D eigenvalue weighted by Gasteiger charge is 2.30. The average molecular weight is 531 g/mol. The van der Waals surface area contributed by atoms with Crippen LogP contribution in [-0.2, 0) is 29.1 Å². The normalized spacial score (nSPS) is 12.8. The fourth-order valence-corrected chi connectivity index (χ4v) is 4.98. The molecule has 2 aromatic heterocycles. The standard InChI is InChI=1S/C27H28N4O3.C4H10O/c1-16-5-7-20(8-6-16)24-21(12-23(33)34-4)18(3)25-26-22(24)11-17(2)30(26)9-10-31(25)27-28-13-19(15-32)14-29-27;1-4(2,3)5/h5-8,11,13-14,32H,9-10,12,15H2,1-4H3;5H,1-3H3. The van der Waals surface area contributed by atoms with Crippen LogP contribution in [-0.4, -0.2) is 50.0 Å². The largest absolute Gasteiger partial charge is 0.469 e. The number of anilines is 2. The van der Waals surface area contributed by atoms with E-state index < -0.39 is 5.60 Å². The molecule has 206 valence electrons. The Labute approximate surface area is 229 Å². The second kappa shape index (κ2) is 11.2. The summed E-state index contributed by atoms with van der Waals surface area (Å²) in [6.45, 7) is 12.9. The molecule has 0 saturated carbocycles. The zero-order valence-electron chi connectivity index (χ0n) is 23.9. The third-order valence-electron chi connectivity index (χ3n) is 6.73. The molecular formula is C31H38N4O4. The molecule has 0 fully saturated rings. The number of ether oxygens (including phenoxy) is 1. The molecule has 0 radical (unpaired) electrons. The molecule has 2 N–H and O–H groups in total. The number of carbonyl (C=O) groups excluding carboxylic acids is 1. The summed E-state index contributed by atoms with van der Waals surface area (Å²) in [5.74, 6) is 0.309. The van der Waals surface area contributed by atoms with Crippen LogP contribution in [0.2, 0.25) is 0 Å². The Kier molecular flexibility index (Phi) is 8.09. The van der Waals surface area contributed by atoms with Crippen molar-refractivity contribution in [2.75, 3.05) is 18.6 Å². The van der Waals surface area contributed by atoms with Crippen LogP contribution >= 0.6 is 0 Å². The van der Waals surface area contributed by atoms with Crippen LogP contribution in [0.25, 0.3) is 22.0 Å². The predicted octanol–water partition coefficient (Wildman–Crippen LogP) is 5.16. The number of benzene rings is 2. The van der Waals surface area contributed by atoms with Crippen molar-refractivity contribution in [1.29, 1.82) is 0 Å². The molecule has 3 heterocycles. The highest BCUT2D eigenvalue weighted by Crippen LogP contribution is 2.46. The molecule has 0 unspecified atom stereocenters. The first-order valence-corrected chi connectivity index (χ1v) is 13.1. The lowest BCUT2D eigenvalue weighted by Crippen LogP contribution is -2.30. The van der Waals surface area contributed by atoms with Gasteiger partial charge in [0.2, 0.25) is 5.95 Å². The summed E-state index contributed by atoms with van der Waals surface area (Å²) in [5.41, 5.74) is 8.79. The van der Waals surface area contributed by atoms with Gasteiger partial charge in [-0.3, -0.25) is 4.79 Å². The second-order valence-corrected chi connectivity index (χ2v) is 11.0. The number of carbonyl (C=O) groups is 1. The maximum absolute atomic E-state index is 12.5. The van der Waals surface area contributed by atoms with Gasteiger partial charge in [-0.15, -0.1) is 0 Å². The van der Waals surface area contributed by atoms with Crippen molar-refractivity contribution >= 4 is 28.5 Å². The molecule has 1 aliphatic heterocycles. The summed E-state index contributed by atoms with van der Waals surface area (Å²) in [5, 5.41) is 19.0. The molecular weight excluding hydrogens is 492 g/mol. The Hall–Kier alpha value is -3.75. The van der Waals surface area contributed by atoms with Gasteiger partial charge >= 0.3 is 5.97 Å². The van der Waals surface area contributed by atoms with Gasteiger partial charge in [-0.25, -0.2) is 9.97 Å². The molecule has 0 amide bonds. The first kappa shape index (κ1) is 28.3. The van der Waals surface area contributed by atoms with Crippen LogP contribution in [0, 0.1) is 20.8 Å². The molecule has 8 heteroatoms. The van der Waals surface area contributed by atoms with Gasteiger partial charge in [0, 0.05) is 42.1 Å². The molecule has 0 atom stereocenters. The summed E-state index contributed by atoms with van der Waals surface area (Å²) in [4.78, 5) is 23.7. The maximum atomic E-state index is 12.5. The third kappa shape index (κ3) is 5.97. The third-order valence-corrected chi connectivity index (χ3v) is 6.73. The lowest BCUT2D eigenvalue weighted by molar-refractivity contribution is -0.139. The number of nitrogens with zero attached hydrogens (tertiary/aromatic N) is 4. The van der Waals surface area contributed by atoms with E-state index >= 15 is 0 Å². The van der Waals surface area contributed by atoms with Crippen LogP contribution in [0.3, 0.4) is 0 Å². The quantitative estimate of drug-likeness (QED) is 0.344. The summed E-state index contributed by atoms with van der Waals surface area (Å²) >= 11 is 0. The Bertz CT molecular complexity index is 1480. The van der Waals surface area contributed by atoms with Crippen molar-refractivity contribution < 1.29 is 19.7 Å². The fraction of sp³-hybridized carbons (Fsp3) is 0.387. The van der Waals surface area contributed by atoms with Gasteiger partial charge in [-0.1, -0.05) is 29.8 Å². The molecule has 1 aliphatic rings. The van der Waals surface area contributed by atoms with Crippen LogP contribution in [0.15, 0.2) is 42.7 Å². The van der Waals surface area contributed by atoms with Crippen LogP contribution < -0.4 is 4.90 Å². The fourth-order valence-electron chi connectivity index (χ4n) is 4.98. The van der Waals surface area contributed by atoms with Gasteiger partial charge in [0.25, 0.3) is 0 Å². The van der Waals surface area contributed by atoms with E-state index in [-0.39, 0.29) is 19.0 Å². The summed E-state index contributed by atoms with van der Waals surface area (Å²) in [6.07, 6.45) is 3.49. The number of aryl methyl sites for hydroxylation is 2. The van der Waals surface area contributed by atoms with Crippen molar-refractivity contribution in [1.82, 2.24) is 14.5 Å². The van der Waals surface area contributed by atoms with E-state index in [4.69, 9.17) is 9.84 Å². The molecule has 4 aromatic rings. The number of aromatic nitrogens is 3. The number of esters is 1. The Balaban J connectivity index is 0.000000648. The molecule has 39 heavy (non-hydrogen) atoms. The van der Waals surface area contributed by atoms with Crippen molar-refractivity contribution in [3.63, 3.8) is 0 Å². The van der Waals surface area contributed by atoms with E-state index in [1.54, 1.807) is 33.2 Å². The average Bonchev–Trinajstić information content (AvgIpc) is 3.23. The SMILES string of the molecule is CC(C)(C)O.COC(=O)Cc1c(C)c2c3c(cc(C)n3CCN2c2ncc(CO)cn2)c1-c1ccc(C)cc1. The van der Waals surface area contributed by atoms with Crippen molar-refractivity contribution in [2.45, 2.75) is 66.7 Å². The Morgan fingerprint density at radius 1 is 1.05 bits per heavy atom. The summed E-state index contributed by atoms with van der Waals surface area (Å²) in [7, 11) is 1.43. The molecule has 2 aromatic carbocycles. The van der Waals surface area contributed by atoms with Crippen molar-refractivity contribution in [3.05, 3.63) is 70.7 Å². The summed E-state index contributed by atoms with van der Waals surface area (Å²) in [6, 6.07) is 10.7. The molecule has 0 spiro atoms. The first-order valence-electron chi connectivity index (χ1n) is 13.1. The first-order chi connectivity index (χ1) is 18.4. The predicted molar refractivity (Wildman–Crippen MR) is 154 cm³/mol. The Morgan fingerprint density at radius 2 is 1.67 bits per heavy atom. The number of aliphatic hydroxyl groups is 2. The highest BCUT2D eigenvalue weighted by molar-refractivity contribution is 6.08. The van der Waals surface area contributed by atoms with E-state index in [1.165, 1.54) is 18.4 Å². The summed E-state index contributed by atoms with van der Waals surface area (Å²) < 4.78 is 7.42. The number of hydrogen-bond donors (Lipinski definition) is 2. The molecule has 0 saturated heterocycles. The molecule has 5 rings (SSSR count). The van der Waals surface area contributed by atoms with Crippen molar-refractivity contribution in [2.24, 2.45) is 0 Å². The van der Waals surface area contributed by atoms with Gasteiger partial charge < -0.3 is 24.4 Å². The minimum Gasteiger partial charge on any atom is -0.469 e. The number of hydrogen-bond acceptors (Lipinski definition) is 7. The monoisotopic (exact) mass is 530 g/mol. The van der Waals surface area contributed by atoms with E-state index in [0.717, 1.165) is 45.4 Å². The van der Waals surface area contributed by atoms with E-state index in [9.17, 15) is 9.90 Å². The number of aliphatic hydroxyl groups excluding tert-OH is 1. The lowest BCUT2D eigenvalue weighted by Gasteiger charge is -2.33. The molecule has 0 bridgehead atoms. The van der Waals surface area contributed by atoms with Crippen LogP contribution in [0.5, 0.6) is 0 Å². The minimum atomic E-state index is -0.500. The van der Waals surface area contributed by atoms with Gasteiger partial charge in [0.1, 0.15) is 0 Å². The highest BCUT2D eigenvalue weighted by atomic mass is 16.5. The number of methoxy groups -OCH3 is 1.